The minimum absolute atomic E-state index is 0.0246. The van der Waals surface area contributed by atoms with E-state index in [1.54, 1.807) is 0 Å². The van der Waals surface area contributed by atoms with E-state index in [4.69, 9.17) is 4.74 Å². The minimum atomic E-state index is -4.62. The zero-order chi connectivity index (χ0) is 23.2. The van der Waals surface area contributed by atoms with Gasteiger partial charge in [-0.3, -0.25) is 0 Å². The molecule has 1 N–H and O–H groups in total. The fourth-order valence-corrected chi connectivity index (χ4v) is 5.44. The quantitative estimate of drug-likeness (QED) is 0.610. The van der Waals surface area contributed by atoms with Gasteiger partial charge in [-0.2, -0.15) is 17.5 Å². The molecule has 11 heteroatoms. The Bertz CT molecular complexity index is 865. The van der Waals surface area contributed by atoms with Gasteiger partial charge < -0.3 is 15.0 Å². The van der Waals surface area contributed by atoms with E-state index in [9.17, 15) is 26.4 Å². The third kappa shape index (κ3) is 6.58. The first-order chi connectivity index (χ1) is 15.2. The summed E-state index contributed by atoms with van der Waals surface area (Å²) in [5.74, 6) is 0. The predicted octanol–water partition coefficient (Wildman–Crippen LogP) is 3.46. The molecule has 180 valence electrons. The van der Waals surface area contributed by atoms with Crippen LogP contribution in [-0.4, -0.2) is 69.1 Å². The van der Waals surface area contributed by atoms with Gasteiger partial charge in [0.2, 0.25) is 10.0 Å². The summed E-state index contributed by atoms with van der Waals surface area (Å²) in [7, 11) is -4.07. The van der Waals surface area contributed by atoms with Crippen molar-refractivity contribution in [1.82, 2.24) is 14.5 Å². The molecule has 2 fully saturated rings. The highest BCUT2D eigenvalue weighted by molar-refractivity contribution is 7.89. The minimum Gasteiger partial charge on any atom is -0.378 e. The topological polar surface area (TPSA) is 79.0 Å². The summed E-state index contributed by atoms with van der Waals surface area (Å²) in [6.07, 6.45) is 2.28. The van der Waals surface area contributed by atoms with Crippen molar-refractivity contribution in [2.45, 2.75) is 55.7 Å². The molecule has 1 aromatic carbocycles. The van der Waals surface area contributed by atoms with E-state index < -0.39 is 26.7 Å². The average Bonchev–Trinajstić information content (AvgIpc) is 2.79. The van der Waals surface area contributed by atoms with E-state index >= 15 is 0 Å². The number of halogens is 3. The first-order valence-corrected chi connectivity index (χ1v) is 12.4. The number of carbonyl (C=O) groups excluding carboxylic acids is 1. The third-order valence-electron chi connectivity index (χ3n) is 5.83. The van der Waals surface area contributed by atoms with Crippen LogP contribution in [0.2, 0.25) is 0 Å². The number of benzene rings is 1. The van der Waals surface area contributed by atoms with Gasteiger partial charge in [-0.25, -0.2) is 13.2 Å². The van der Waals surface area contributed by atoms with Crippen LogP contribution in [0.1, 0.15) is 44.1 Å². The lowest BCUT2D eigenvalue weighted by molar-refractivity contribution is -0.137. The SMILES string of the molecule is O=C(NCCCOC1CCCCC1)N1CCN(S(=O)(=O)c2cccc(C(F)(F)F)c2)CC1. The molecule has 2 aliphatic rings. The van der Waals surface area contributed by atoms with Gasteiger partial charge in [-0.05, 0) is 37.5 Å². The number of nitrogens with one attached hydrogen (secondary N) is 1. The summed E-state index contributed by atoms with van der Waals surface area (Å²) in [6.45, 7) is 1.45. The smallest absolute Gasteiger partial charge is 0.378 e. The molecule has 1 heterocycles. The summed E-state index contributed by atoms with van der Waals surface area (Å²) in [6, 6.07) is 3.43. The fraction of sp³-hybridized carbons (Fsp3) is 0.667. The zero-order valence-corrected chi connectivity index (χ0v) is 18.8. The van der Waals surface area contributed by atoms with Crippen molar-refractivity contribution in [3.8, 4) is 0 Å². The van der Waals surface area contributed by atoms with Gasteiger partial charge in [0.15, 0.2) is 0 Å². The molecule has 3 rings (SSSR count). The summed E-state index contributed by atoms with van der Waals surface area (Å²) >= 11 is 0. The Balaban J connectivity index is 1.42. The predicted molar refractivity (Wildman–Crippen MR) is 113 cm³/mol. The van der Waals surface area contributed by atoms with Gasteiger partial charge in [0.05, 0.1) is 16.6 Å². The molecule has 1 saturated heterocycles. The van der Waals surface area contributed by atoms with Crippen LogP contribution in [0.5, 0.6) is 0 Å². The van der Waals surface area contributed by atoms with Crippen LogP contribution in [0.15, 0.2) is 29.2 Å². The Kier molecular flexibility index (Phi) is 8.40. The molecular formula is C21H30F3N3O4S. The van der Waals surface area contributed by atoms with Gasteiger partial charge in [0.25, 0.3) is 0 Å². The summed E-state index contributed by atoms with van der Waals surface area (Å²) in [5, 5.41) is 2.81. The molecule has 0 unspecified atom stereocenters. The maximum atomic E-state index is 12.9. The third-order valence-corrected chi connectivity index (χ3v) is 7.72. The van der Waals surface area contributed by atoms with E-state index in [0.717, 1.165) is 35.3 Å². The lowest BCUT2D eigenvalue weighted by atomic mass is 9.98. The van der Waals surface area contributed by atoms with Gasteiger partial charge in [0, 0.05) is 39.3 Å². The van der Waals surface area contributed by atoms with E-state index in [1.165, 1.54) is 24.2 Å². The Hall–Kier alpha value is -1.85. The van der Waals surface area contributed by atoms with Crippen LogP contribution in [0, 0.1) is 0 Å². The standard InChI is InChI=1S/C21H30F3N3O4S/c22-21(23,24)17-6-4-9-19(16-17)32(29,30)27-13-11-26(12-14-27)20(28)25-10-5-15-31-18-7-2-1-3-8-18/h4,6,9,16,18H,1-3,5,7-8,10-15H2,(H,25,28). The van der Waals surface area contributed by atoms with Crippen LogP contribution in [-0.2, 0) is 20.9 Å². The number of nitrogens with zero attached hydrogens (tertiary/aromatic N) is 2. The number of ether oxygens (including phenoxy) is 1. The second-order valence-electron chi connectivity index (χ2n) is 8.13. The van der Waals surface area contributed by atoms with Gasteiger partial charge >= 0.3 is 12.2 Å². The number of alkyl halides is 3. The molecule has 0 spiro atoms. The van der Waals surface area contributed by atoms with Crippen LogP contribution in [0.3, 0.4) is 0 Å². The number of carbonyl (C=O) groups is 1. The Morgan fingerprint density at radius 3 is 2.44 bits per heavy atom. The zero-order valence-electron chi connectivity index (χ0n) is 17.9. The molecule has 32 heavy (non-hydrogen) atoms. The molecule has 0 atom stereocenters. The second kappa shape index (κ2) is 10.8. The van der Waals surface area contributed by atoms with Crippen LogP contribution in [0.4, 0.5) is 18.0 Å². The maximum absolute atomic E-state index is 12.9. The summed E-state index contributed by atoms with van der Waals surface area (Å²) < 4.78 is 71.2. The number of rotatable bonds is 7. The number of urea groups is 1. The Morgan fingerprint density at radius 1 is 1.09 bits per heavy atom. The Labute approximate surface area is 186 Å². The summed E-state index contributed by atoms with van der Waals surface area (Å²) in [4.78, 5) is 13.4. The summed E-state index contributed by atoms with van der Waals surface area (Å²) in [5.41, 5.74) is -1.01. The fourth-order valence-electron chi connectivity index (χ4n) is 3.97. The second-order valence-corrected chi connectivity index (χ2v) is 10.1. The van der Waals surface area contributed by atoms with Crippen molar-refractivity contribution in [2.75, 3.05) is 39.3 Å². The molecule has 1 saturated carbocycles. The number of hydrogen-bond acceptors (Lipinski definition) is 4. The van der Waals surface area contributed by atoms with Gasteiger partial charge in [-0.15, -0.1) is 0 Å². The van der Waals surface area contributed by atoms with Crippen molar-refractivity contribution in [3.63, 3.8) is 0 Å². The van der Waals surface area contributed by atoms with E-state index in [2.05, 4.69) is 5.32 Å². The molecule has 0 radical (unpaired) electrons. The molecule has 7 nitrogen and oxygen atoms in total. The molecular weight excluding hydrogens is 447 g/mol. The molecule has 1 aliphatic carbocycles. The van der Waals surface area contributed by atoms with Crippen molar-refractivity contribution < 1.29 is 31.1 Å². The molecule has 1 aliphatic heterocycles. The van der Waals surface area contributed by atoms with Gasteiger partial charge in [-0.1, -0.05) is 25.3 Å². The molecule has 0 aromatic heterocycles. The largest absolute Gasteiger partial charge is 0.416 e. The maximum Gasteiger partial charge on any atom is 0.416 e. The Morgan fingerprint density at radius 2 is 1.78 bits per heavy atom. The van der Waals surface area contributed by atoms with E-state index in [-0.39, 0.29) is 32.2 Å². The van der Waals surface area contributed by atoms with Crippen LogP contribution < -0.4 is 5.32 Å². The first-order valence-electron chi connectivity index (χ1n) is 11.0. The number of amides is 2. The van der Waals surface area contributed by atoms with E-state index in [0.29, 0.717) is 31.7 Å². The first kappa shape index (κ1) is 24.8. The highest BCUT2D eigenvalue weighted by Gasteiger charge is 2.34. The lowest BCUT2D eigenvalue weighted by Gasteiger charge is -2.34. The molecule has 2 amide bonds. The monoisotopic (exact) mass is 477 g/mol. The average molecular weight is 478 g/mol. The van der Waals surface area contributed by atoms with Crippen LogP contribution >= 0.6 is 0 Å². The number of piperazine rings is 1. The van der Waals surface area contributed by atoms with Crippen LogP contribution in [0.25, 0.3) is 0 Å². The number of hydrogen-bond donors (Lipinski definition) is 1. The highest BCUT2D eigenvalue weighted by atomic mass is 32.2. The van der Waals surface area contributed by atoms with Crippen molar-refractivity contribution in [2.24, 2.45) is 0 Å². The molecule has 1 aromatic rings. The molecule has 0 bridgehead atoms. The van der Waals surface area contributed by atoms with Crippen molar-refractivity contribution >= 4 is 16.1 Å². The van der Waals surface area contributed by atoms with Crippen molar-refractivity contribution in [1.29, 1.82) is 0 Å². The van der Waals surface area contributed by atoms with Gasteiger partial charge in [0.1, 0.15) is 0 Å². The normalized spacial score (nSPS) is 19.2. The van der Waals surface area contributed by atoms with Crippen molar-refractivity contribution in [3.05, 3.63) is 29.8 Å². The van der Waals surface area contributed by atoms with E-state index in [1.807, 2.05) is 0 Å². The number of sulfonamides is 1. The lowest BCUT2D eigenvalue weighted by Crippen LogP contribution is -2.53. The highest BCUT2D eigenvalue weighted by Crippen LogP contribution is 2.31.